The number of hydrogen-bond donors (Lipinski definition) is 3. The van der Waals surface area contributed by atoms with Gasteiger partial charge in [-0.25, -0.2) is 9.59 Å². The average Bonchev–Trinajstić information content (AvgIpc) is 3.42. The van der Waals surface area contributed by atoms with Gasteiger partial charge in [0.15, 0.2) is 0 Å². The van der Waals surface area contributed by atoms with E-state index in [2.05, 4.69) is 22.9 Å². The van der Waals surface area contributed by atoms with Crippen LogP contribution >= 0.6 is 0 Å². The number of carbonyl (C=O) groups is 2. The fourth-order valence-corrected chi connectivity index (χ4v) is 3.86. The topological polar surface area (TPSA) is 73.5 Å². The third-order valence-corrected chi connectivity index (χ3v) is 5.86. The van der Waals surface area contributed by atoms with Crippen molar-refractivity contribution in [3.8, 4) is 0 Å². The van der Waals surface area contributed by atoms with Crippen molar-refractivity contribution in [1.29, 1.82) is 0 Å². The Kier molecular flexibility index (Phi) is 5.92. The number of likely N-dealkylation sites (tertiary alicyclic amines) is 1. The highest BCUT2D eigenvalue weighted by molar-refractivity contribution is 5.89. The van der Waals surface area contributed by atoms with Crippen LogP contribution in [0.25, 0.3) is 0 Å². The Morgan fingerprint density at radius 2 is 1.85 bits per heavy atom. The van der Waals surface area contributed by atoms with E-state index in [0.717, 1.165) is 30.9 Å². The van der Waals surface area contributed by atoms with Crippen LogP contribution in [0.15, 0.2) is 18.2 Å². The summed E-state index contributed by atoms with van der Waals surface area (Å²) in [6.45, 7) is 7.98. The second kappa shape index (κ2) is 8.19. The highest BCUT2D eigenvalue weighted by Gasteiger charge is 2.41. The van der Waals surface area contributed by atoms with Gasteiger partial charge in [0.25, 0.3) is 0 Å². The molecule has 1 aliphatic carbocycles. The standard InChI is InChI=1S/C21H32N4O2/c1-4-22-19(26)24-21(14-17-6-7-17)9-11-25(12-10-21)20(27)23-18-8-5-15(2)16(3)13-18/h5,8,13,17H,4,6-7,9-12,14H2,1-3H3,(H,23,27)(H2,22,24,26). The van der Waals surface area contributed by atoms with E-state index in [-0.39, 0.29) is 17.6 Å². The Balaban J connectivity index is 1.58. The molecule has 0 spiro atoms. The Morgan fingerprint density at radius 3 is 2.44 bits per heavy atom. The van der Waals surface area contributed by atoms with Gasteiger partial charge < -0.3 is 20.9 Å². The normalized spacial score (nSPS) is 18.7. The van der Waals surface area contributed by atoms with Crippen LogP contribution in [0.5, 0.6) is 0 Å². The molecule has 1 aromatic rings. The Hall–Kier alpha value is -2.24. The van der Waals surface area contributed by atoms with Gasteiger partial charge in [0.05, 0.1) is 0 Å². The average molecular weight is 373 g/mol. The van der Waals surface area contributed by atoms with Crippen molar-refractivity contribution < 1.29 is 9.59 Å². The third-order valence-electron chi connectivity index (χ3n) is 5.86. The number of rotatable bonds is 5. The number of nitrogens with one attached hydrogen (secondary N) is 3. The quantitative estimate of drug-likeness (QED) is 0.736. The summed E-state index contributed by atoms with van der Waals surface area (Å²) in [7, 11) is 0. The summed E-state index contributed by atoms with van der Waals surface area (Å²) in [5.74, 6) is 0.725. The molecule has 2 fully saturated rings. The van der Waals surface area contributed by atoms with Crippen molar-refractivity contribution >= 4 is 17.7 Å². The fourth-order valence-electron chi connectivity index (χ4n) is 3.86. The van der Waals surface area contributed by atoms with Gasteiger partial charge in [0, 0.05) is 30.9 Å². The summed E-state index contributed by atoms with van der Waals surface area (Å²) in [6, 6.07) is 5.82. The summed E-state index contributed by atoms with van der Waals surface area (Å²) < 4.78 is 0. The maximum atomic E-state index is 12.6. The molecular weight excluding hydrogens is 340 g/mol. The maximum Gasteiger partial charge on any atom is 0.321 e. The van der Waals surface area contributed by atoms with Crippen LogP contribution in [0.4, 0.5) is 15.3 Å². The second-order valence-corrected chi connectivity index (χ2v) is 8.13. The first-order chi connectivity index (χ1) is 12.9. The van der Waals surface area contributed by atoms with Crippen LogP contribution in [0.2, 0.25) is 0 Å². The minimum atomic E-state index is -0.183. The molecule has 2 aliphatic rings. The van der Waals surface area contributed by atoms with Gasteiger partial charge in [0.2, 0.25) is 0 Å². The van der Waals surface area contributed by atoms with Gasteiger partial charge in [0.1, 0.15) is 0 Å². The zero-order chi connectivity index (χ0) is 19.4. The molecule has 27 heavy (non-hydrogen) atoms. The molecule has 4 amide bonds. The molecule has 3 rings (SSSR count). The first-order valence-electron chi connectivity index (χ1n) is 10.1. The number of amides is 4. The second-order valence-electron chi connectivity index (χ2n) is 8.13. The summed E-state index contributed by atoms with van der Waals surface area (Å²) in [6.07, 6.45) is 5.16. The third kappa shape index (κ3) is 5.15. The SMILES string of the molecule is CCNC(=O)NC1(CC2CC2)CCN(C(=O)Nc2ccc(C)c(C)c2)CC1. The van der Waals surface area contributed by atoms with E-state index in [9.17, 15) is 9.59 Å². The molecule has 3 N–H and O–H groups in total. The van der Waals surface area contributed by atoms with Crippen LogP contribution in [0.3, 0.4) is 0 Å². The lowest BCUT2D eigenvalue weighted by molar-refractivity contribution is 0.141. The lowest BCUT2D eigenvalue weighted by Gasteiger charge is -2.42. The smallest absolute Gasteiger partial charge is 0.321 e. The van der Waals surface area contributed by atoms with Gasteiger partial charge >= 0.3 is 12.1 Å². The van der Waals surface area contributed by atoms with E-state index in [4.69, 9.17) is 0 Å². The Bertz CT molecular complexity index is 691. The summed E-state index contributed by atoms with van der Waals surface area (Å²) >= 11 is 0. The molecule has 1 aromatic carbocycles. The van der Waals surface area contributed by atoms with Gasteiger partial charge in [-0.1, -0.05) is 18.9 Å². The summed E-state index contributed by atoms with van der Waals surface area (Å²) in [5.41, 5.74) is 3.03. The van der Waals surface area contributed by atoms with Gasteiger partial charge in [-0.15, -0.1) is 0 Å². The molecule has 0 atom stereocenters. The lowest BCUT2D eigenvalue weighted by Crippen LogP contribution is -2.58. The molecule has 0 bridgehead atoms. The number of piperidine rings is 1. The molecule has 148 valence electrons. The van der Waals surface area contributed by atoms with Crippen molar-refractivity contribution in [2.75, 3.05) is 25.0 Å². The number of carbonyl (C=O) groups excluding carboxylic acids is 2. The zero-order valence-electron chi connectivity index (χ0n) is 16.7. The molecule has 0 radical (unpaired) electrons. The van der Waals surface area contributed by atoms with Crippen LogP contribution in [-0.2, 0) is 0 Å². The van der Waals surface area contributed by atoms with E-state index < -0.39 is 0 Å². The minimum absolute atomic E-state index is 0.0590. The lowest BCUT2D eigenvalue weighted by atomic mass is 9.82. The van der Waals surface area contributed by atoms with Gasteiger partial charge in [-0.3, -0.25) is 0 Å². The number of nitrogens with zero attached hydrogens (tertiary/aromatic N) is 1. The monoisotopic (exact) mass is 372 g/mol. The Morgan fingerprint density at radius 1 is 1.15 bits per heavy atom. The first kappa shape index (κ1) is 19.5. The molecule has 1 heterocycles. The van der Waals surface area contributed by atoms with Crippen LogP contribution < -0.4 is 16.0 Å². The van der Waals surface area contributed by atoms with Crippen LogP contribution in [-0.4, -0.2) is 42.1 Å². The highest BCUT2D eigenvalue weighted by atomic mass is 16.2. The molecular formula is C21H32N4O2. The maximum absolute atomic E-state index is 12.6. The molecule has 0 unspecified atom stereocenters. The van der Waals surface area contributed by atoms with Gasteiger partial charge in [-0.05, 0) is 69.2 Å². The van der Waals surface area contributed by atoms with Crippen LogP contribution in [0, 0.1) is 19.8 Å². The number of anilines is 1. The van der Waals surface area contributed by atoms with Crippen molar-refractivity contribution in [3.63, 3.8) is 0 Å². The number of benzene rings is 1. The van der Waals surface area contributed by atoms with Crippen molar-refractivity contribution in [1.82, 2.24) is 15.5 Å². The molecule has 6 heteroatoms. The van der Waals surface area contributed by atoms with Crippen molar-refractivity contribution in [2.45, 2.75) is 58.4 Å². The van der Waals surface area contributed by atoms with E-state index in [1.54, 1.807) is 0 Å². The molecule has 0 aromatic heterocycles. The number of urea groups is 2. The fraction of sp³-hybridized carbons (Fsp3) is 0.619. The van der Waals surface area contributed by atoms with E-state index in [1.807, 2.05) is 36.9 Å². The summed E-state index contributed by atoms with van der Waals surface area (Å²) in [5, 5.41) is 9.07. The molecule has 1 saturated carbocycles. The number of hydrogen-bond acceptors (Lipinski definition) is 2. The predicted molar refractivity (Wildman–Crippen MR) is 108 cm³/mol. The number of aryl methyl sites for hydroxylation is 2. The Labute approximate surface area is 162 Å². The highest BCUT2D eigenvalue weighted by Crippen LogP contribution is 2.40. The zero-order valence-corrected chi connectivity index (χ0v) is 16.7. The largest absolute Gasteiger partial charge is 0.338 e. The van der Waals surface area contributed by atoms with Gasteiger partial charge in [-0.2, -0.15) is 0 Å². The van der Waals surface area contributed by atoms with E-state index >= 15 is 0 Å². The van der Waals surface area contributed by atoms with E-state index in [0.29, 0.717) is 19.6 Å². The first-order valence-corrected chi connectivity index (χ1v) is 10.1. The minimum Gasteiger partial charge on any atom is -0.338 e. The molecule has 1 saturated heterocycles. The molecule has 6 nitrogen and oxygen atoms in total. The van der Waals surface area contributed by atoms with Crippen LogP contribution in [0.1, 0.15) is 50.2 Å². The van der Waals surface area contributed by atoms with Crippen molar-refractivity contribution in [2.24, 2.45) is 5.92 Å². The predicted octanol–water partition coefficient (Wildman–Crippen LogP) is 3.79. The van der Waals surface area contributed by atoms with E-state index in [1.165, 1.54) is 24.0 Å². The molecule has 1 aliphatic heterocycles. The van der Waals surface area contributed by atoms with Crippen molar-refractivity contribution in [3.05, 3.63) is 29.3 Å². The summed E-state index contributed by atoms with van der Waals surface area (Å²) in [4.78, 5) is 26.6.